The second-order valence-electron chi connectivity index (χ2n) is 6.44. The number of fused-ring (bicyclic) bond motifs is 1. The predicted molar refractivity (Wildman–Crippen MR) is 109 cm³/mol. The lowest BCUT2D eigenvalue weighted by atomic mass is 10.1. The first-order chi connectivity index (χ1) is 12.6. The summed E-state index contributed by atoms with van der Waals surface area (Å²) in [5, 5.41) is 0.802. The van der Waals surface area contributed by atoms with Crippen LogP contribution in [0.25, 0.3) is 21.2 Å². The third-order valence-electron chi connectivity index (χ3n) is 4.62. The molecule has 2 aromatic heterocycles. The Balaban J connectivity index is 2.13. The second kappa shape index (κ2) is 7.96. The van der Waals surface area contributed by atoms with Gasteiger partial charge in [-0.1, -0.05) is 25.8 Å². The summed E-state index contributed by atoms with van der Waals surface area (Å²) in [6.07, 6.45) is 6.52. The van der Waals surface area contributed by atoms with Gasteiger partial charge in [-0.25, -0.2) is 0 Å². The molecular formula is C21H25NO3S. The van der Waals surface area contributed by atoms with Crippen molar-refractivity contribution in [3.8, 4) is 22.6 Å². The maximum Gasteiger partial charge on any atom is 0.259 e. The Kier molecular flexibility index (Phi) is 5.67. The molecule has 5 heteroatoms. The number of hydrogen-bond donors (Lipinski definition) is 0. The van der Waals surface area contributed by atoms with E-state index in [9.17, 15) is 4.79 Å². The van der Waals surface area contributed by atoms with Gasteiger partial charge < -0.3 is 14.0 Å². The van der Waals surface area contributed by atoms with E-state index < -0.39 is 0 Å². The van der Waals surface area contributed by atoms with Crippen LogP contribution in [0.4, 0.5) is 0 Å². The van der Waals surface area contributed by atoms with Crippen molar-refractivity contribution >= 4 is 21.4 Å². The lowest BCUT2D eigenvalue weighted by Crippen LogP contribution is -2.15. The quantitative estimate of drug-likeness (QED) is 0.548. The summed E-state index contributed by atoms with van der Waals surface area (Å²) in [5.41, 5.74) is 2.13. The molecule has 4 nitrogen and oxygen atoms in total. The van der Waals surface area contributed by atoms with Crippen LogP contribution in [0.15, 0.2) is 35.3 Å². The summed E-state index contributed by atoms with van der Waals surface area (Å²) in [5.74, 6) is 1.38. The van der Waals surface area contributed by atoms with Gasteiger partial charge in [0.25, 0.3) is 5.56 Å². The highest BCUT2D eigenvalue weighted by atomic mass is 32.1. The standard InChI is InChI=1S/C21H25NO3S/c1-5-6-7-8-15-12-16-20(26-15)17(13-22(2)21(16)23)14-9-10-18(24-3)19(11-14)25-4/h9-13H,5-8H2,1-4H3. The third-order valence-corrected chi connectivity index (χ3v) is 5.85. The van der Waals surface area contributed by atoms with Crippen molar-refractivity contribution in [3.63, 3.8) is 0 Å². The maximum atomic E-state index is 12.6. The van der Waals surface area contributed by atoms with E-state index in [1.54, 1.807) is 37.2 Å². The fraction of sp³-hybridized carbons (Fsp3) is 0.381. The van der Waals surface area contributed by atoms with Gasteiger partial charge in [0.05, 0.1) is 19.6 Å². The molecule has 1 aromatic carbocycles. The molecular weight excluding hydrogens is 346 g/mol. The molecule has 0 bridgehead atoms. The zero-order chi connectivity index (χ0) is 18.7. The average Bonchev–Trinajstić information content (AvgIpc) is 3.08. The van der Waals surface area contributed by atoms with Crippen molar-refractivity contribution < 1.29 is 9.47 Å². The normalized spacial score (nSPS) is 11.1. The smallest absolute Gasteiger partial charge is 0.259 e. The maximum absolute atomic E-state index is 12.6. The molecule has 0 N–H and O–H groups in total. The molecule has 3 aromatic rings. The minimum atomic E-state index is 0.0576. The number of hydrogen-bond acceptors (Lipinski definition) is 4. The van der Waals surface area contributed by atoms with E-state index in [-0.39, 0.29) is 5.56 Å². The molecule has 138 valence electrons. The van der Waals surface area contributed by atoms with Gasteiger partial charge in [0.1, 0.15) is 0 Å². The number of nitrogens with zero attached hydrogens (tertiary/aromatic N) is 1. The number of aromatic nitrogens is 1. The average molecular weight is 372 g/mol. The van der Waals surface area contributed by atoms with Crippen molar-refractivity contribution in [2.75, 3.05) is 14.2 Å². The summed E-state index contributed by atoms with van der Waals surface area (Å²) in [6, 6.07) is 7.95. The Labute approximate surface area is 158 Å². The van der Waals surface area contributed by atoms with Crippen LogP contribution in [-0.4, -0.2) is 18.8 Å². The summed E-state index contributed by atoms with van der Waals surface area (Å²) in [4.78, 5) is 13.9. The van der Waals surface area contributed by atoms with E-state index in [2.05, 4.69) is 13.0 Å². The van der Waals surface area contributed by atoms with Gasteiger partial charge in [0.15, 0.2) is 11.5 Å². The number of methoxy groups -OCH3 is 2. The monoisotopic (exact) mass is 371 g/mol. The topological polar surface area (TPSA) is 40.5 Å². The Morgan fingerprint density at radius 1 is 1.08 bits per heavy atom. The lowest BCUT2D eigenvalue weighted by molar-refractivity contribution is 0.355. The highest BCUT2D eigenvalue weighted by molar-refractivity contribution is 7.19. The first kappa shape index (κ1) is 18.5. The van der Waals surface area contributed by atoms with E-state index >= 15 is 0 Å². The summed E-state index contributed by atoms with van der Waals surface area (Å²) in [7, 11) is 5.07. The van der Waals surface area contributed by atoms with Crippen LogP contribution in [0, 0.1) is 0 Å². The fourth-order valence-corrected chi connectivity index (χ4v) is 4.41. The van der Waals surface area contributed by atoms with Crippen LogP contribution < -0.4 is 15.0 Å². The number of rotatable bonds is 7. The number of benzene rings is 1. The largest absolute Gasteiger partial charge is 0.493 e. The zero-order valence-electron chi connectivity index (χ0n) is 15.8. The van der Waals surface area contributed by atoms with Gasteiger partial charge >= 0.3 is 0 Å². The van der Waals surface area contributed by atoms with Gasteiger partial charge in [0.2, 0.25) is 0 Å². The van der Waals surface area contributed by atoms with E-state index in [1.165, 1.54) is 17.7 Å². The second-order valence-corrected chi connectivity index (χ2v) is 7.58. The van der Waals surface area contributed by atoms with Crippen LogP contribution in [0.1, 0.15) is 31.1 Å². The Morgan fingerprint density at radius 3 is 2.54 bits per heavy atom. The molecule has 0 aliphatic heterocycles. The van der Waals surface area contributed by atoms with E-state index in [4.69, 9.17) is 9.47 Å². The van der Waals surface area contributed by atoms with Gasteiger partial charge in [-0.05, 0) is 36.6 Å². The molecule has 0 unspecified atom stereocenters. The van der Waals surface area contributed by atoms with Crippen LogP contribution in [0.3, 0.4) is 0 Å². The molecule has 0 amide bonds. The number of ether oxygens (including phenoxy) is 2. The summed E-state index contributed by atoms with van der Waals surface area (Å²) < 4.78 is 13.5. The highest BCUT2D eigenvalue weighted by Gasteiger charge is 2.15. The van der Waals surface area contributed by atoms with Crippen molar-refractivity contribution in [2.45, 2.75) is 32.6 Å². The third kappa shape index (κ3) is 3.49. The highest BCUT2D eigenvalue weighted by Crippen LogP contribution is 2.37. The molecule has 0 atom stereocenters. The van der Waals surface area contributed by atoms with Crippen molar-refractivity contribution in [1.29, 1.82) is 0 Å². The predicted octanol–water partition coefficient (Wildman–Crippen LogP) is 5.02. The molecule has 3 rings (SSSR count). The van der Waals surface area contributed by atoms with Crippen LogP contribution in [0.5, 0.6) is 11.5 Å². The first-order valence-electron chi connectivity index (χ1n) is 8.93. The lowest BCUT2D eigenvalue weighted by Gasteiger charge is -2.11. The van der Waals surface area contributed by atoms with E-state index in [0.717, 1.165) is 34.1 Å². The molecule has 0 saturated carbocycles. The zero-order valence-corrected chi connectivity index (χ0v) is 16.6. The minimum Gasteiger partial charge on any atom is -0.493 e. The molecule has 2 heterocycles. The number of aryl methyl sites for hydroxylation is 2. The Morgan fingerprint density at radius 2 is 1.85 bits per heavy atom. The van der Waals surface area contributed by atoms with E-state index in [0.29, 0.717) is 11.5 Å². The van der Waals surface area contributed by atoms with E-state index in [1.807, 2.05) is 24.4 Å². The molecule has 26 heavy (non-hydrogen) atoms. The Hall–Kier alpha value is -2.27. The molecule has 0 aliphatic rings. The Bertz CT molecular complexity index is 971. The fourth-order valence-electron chi connectivity index (χ4n) is 3.18. The van der Waals surface area contributed by atoms with Crippen LogP contribution in [0.2, 0.25) is 0 Å². The molecule has 0 saturated heterocycles. The van der Waals surface area contributed by atoms with Crippen molar-refractivity contribution in [1.82, 2.24) is 4.57 Å². The molecule has 0 radical (unpaired) electrons. The van der Waals surface area contributed by atoms with Gasteiger partial charge in [-0.15, -0.1) is 11.3 Å². The SMILES string of the molecule is CCCCCc1cc2c(=O)n(C)cc(-c3ccc(OC)c(OC)c3)c2s1. The van der Waals surface area contributed by atoms with Crippen molar-refractivity contribution in [2.24, 2.45) is 7.05 Å². The van der Waals surface area contributed by atoms with Crippen molar-refractivity contribution in [3.05, 3.63) is 45.7 Å². The number of thiophene rings is 1. The van der Waals surface area contributed by atoms with Gasteiger partial charge in [-0.3, -0.25) is 4.79 Å². The van der Waals surface area contributed by atoms with Gasteiger partial charge in [-0.2, -0.15) is 0 Å². The molecule has 0 aliphatic carbocycles. The summed E-state index contributed by atoms with van der Waals surface area (Å²) in [6.45, 7) is 2.20. The molecule has 0 spiro atoms. The van der Waals surface area contributed by atoms with Gasteiger partial charge in [0, 0.05) is 28.4 Å². The first-order valence-corrected chi connectivity index (χ1v) is 9.75. The number of pyridine rings is 1. The minimum absolute atomic E-state index is 0.0576. The van der Waals surface area contributed by atoms with Crippen LogP contribution in [-0.2, 0) is 13.5 Å². The number of unbranched alkanes of at least 4 members (excludes halogenated alkanes) is 2. The van der Waals surface area contributed by atoms with Crippen LogP contribution >= 0.6 is 11.3 Å². The summed E-state index contributed by atoms with van der Waals surface area (Å²) >= 11 is 1.73. The molecule has 0 fully saturated rings.